The van der Waals surface area contributed by atoms with Crippen LogP contribution in [-0.4, -0.2) is 35.6 Å². The Hall–Kier alpha value is -2.63. The zero-order valence-electron chi connectivity index (χ0n) is 15.3. The van der Waals surface area contributed by atoms with Gasteiger partial charge in [-0.3, -0.25) is 9.98 Å². The SMILES string of the molecule is CN=C(NCCc1ccccn1)NCc1ccnc(OC2CCCC2)c1. The van der Waals surface area contributed by atoms with Gasteiger partial charge in [-0.25, -0.2) is 4.98 Å². The monoisotopic (exact) mass is 353 g/mol. The molecular formula is C20H27N5O. The lowest BCUT2D eigenvalue weighted by atomic mass is 10.2. The van der Waals surface area contributed by atoms with Crippen molar-refractivity contribution in [2.24, 2.45) is 4.99 Å². The van der Waals surface area contributed by atoms with Gasteiger partial charge < -0.3 is 15.4 Å². The van der Waals surface area contributed by atoms with E-state index in [1.165, 1.54) is 12.8 Å². The molecule has 0 saturated heterocycles. The molecule has 0 aliphatic heterocycles. The molecular weight excluding hydrogens is 326 g/mol. The predicted octanol–water partition coefficient (Wildman–Crippen LogP) is 2.71. The predicted molar refractivity (Wildman–Crippen MR) is 103 cm³/mol. The van der Waals surface area contributed by atoms with Crippen LogP contribution >= 0.6 is 0 Å². The Bertz CT molecular complexity index is 698. The van der Waals surface area contributed by atoms with Crippen LogP contribution in [0, 0.1) is 0 Å². The van der Waals surface area contributed by atoms with Crippen molar-refractivity contribution in [3.05, 3.63) is 54.0 Å². The summed E-state index contributed by atoms with van der Waals surface area (Å²) in [6.07, 6.45) is 9.59. The minimum atomic E-state index is 0.326. The van der Waals surface area contributed by atoms with Crippen LogP contribution in [0.2, 0.25) is 0 Å². The number of aromatic nitrogens is 2. The van der Waals surface area contributed by atoms with Gasteiger partial charge in [-0.2, -0.15) is 0 Å². The minimum Gasteiger partial charge on any atom is -0.474 e. The van der Waals surface area contributed by atoms with Crippen molar-refractivity contribution in [1.82, 2.24) is 20.6 Å². The summed E-state index contributed by atoms with van der Waals surface area (Å²) in [5, 5.41) is 6.64. The van der Waals surface area contributed by atoms with Crippen molar-refractivity contribution < 1.29 is 4.74 Å². The summed E-state index contributed by atoms with van der Waals surface area (Å²) >= 11 is 0. The number of ether oxygens (including phenoxy) is 1. The van der Waals surface area contributed by atoms with Crippen LogP contribution < -0.4 is 15.4 Å². The summed E-state index contributed by atoms with van der Waals surface area (Å²) in [6, 6.07) is 9.96. The highest BCUT2D eigenvalue weighted by Crippen LogP contribution is 2.23. The average molecular weight is 353 g/mol. The third kappa shape index (κ3) is 5.72. The van der Waals surface area contributed by atoms with Gasteiger partial charge in [0.25, 0.3) is 0 Å². The van der Waals surface area contributed by atoms with Gasteiger partial charge in [0.2, 0.25) is 5.88 Å². The first-order chi connectivity index (χ1) is 12.8. The van der Waals surface area contributed by atoms with Gasteiger partial charge in [-0.15, -0.1) is 0 Å². The number of hydrogen-bond donors (Lipinski definition) is 2. The maximum absolute atomic E-state index is 5.97. The highest BCUT2D eigenvalue weighted by Gasteiger charge is 2.17. The summed E-state index contributed by atoms with van der Waals surface area (Å²) < 4.78 is 5.97. The van der Waals surface area contributed by atoms with Gasteiger partial charge in [0.05, 0.1) is 0 Å². The molecule has 1 saturated carbocycles. The molecule has 2 heterocycles. The lowest BCUT2D eigenvalue weighted by molar-refractivity contribution is 0.201. The zero-order chi connectivity index (χ0) is 18.0. The van der Waals surface area contributed by atoms with Crippen molar-refractivity contribution in [2.75, 3.05) is 13.6 Å². The maximum atomic E-state index is 5.97. The molecule has 6 nitrogen and oxygen atoms in total. The molecule has 0 unspecified atom stereocenters. The quantitative estimate of drug-likeness (QED) is 0.591. The molecule has 1 aliphatic carbocycles. The molecule has 2 aromatic heterocycles. The Morgan fingerprint density at radius 2 is 2.04 bits per heavy atom. The molecule has 6 heteroatoms. The average Bonchev–Trinajstić information content (AvgIpc) is 3.18. The molecule has 138 valence electrons. The second kappa shape index (κ2) is 9.75. The Balaban J connectivity index is 1.44. The topological polar surface area (TPSA) is 71.4 Å². The number of nitrogens with zero attached hydrogens (tertiary/aromatic N) is 3. The fraction of sp³-hybridized carbons (Fsp3) is 0.450. The molecule has 0 spiro atoms. The summed E-state index contributed by atoms with van der Waals surface area (Å²) in [5.74, 6) is 1.49. The standard InChI is InChI=1S/C20H27N5O/c1-21-20(24-13-10-17-6-4-5-11-22-17)25-15-16-9-12-23-19(14-16)26-18-7-2-3-8-18/h4-6,9,11-12,14,18H,2-3,7-8,10,13,15H2,1H3,(H2,21,24,25). The van der Waals surface area contributed by atoms with Crippen LogP contribution in [0.1, 0.15) is 36.9 Å². The Labute approximate surface area is 155 Å². The van der Waals surface area contributed by atoms with E-state index >= 15 is 0 Å². The third-order valence-corrected chi connectivity index (χ3v) is 4.47. The van der Waals surface area contributed by atoms with E-state index in [0.29, 0.717) is 18.5 Å². The molecule has 0 atom stereocenters. The fourth-order valence-electron chi connectivity index (χ4n) is 3.06. The van der Waals surface area contributed by atoms with Gasteiger partial charge in [-0.05, 0) is 49.4 Å². The highest BCUT2D eigenvalue weighted by atomic mass is 16.5. The van der Waals surface area contributed by atoms with Crippen LogP contribution in [0.15, 0.2) is 47.7 Å². The number of pyridine rings is 2. The lowest BCUT2D eigenvalue weighted by Crippen LogP contribution is -2.37. The van der Waals surface area contributed by atoms with Crippen LogP contribution in [0.25, 0.3) is 0 Å². The molecule has 0 amide bonds. The van der Waals surface area contributed by atoms with Crippen molar-refractivity contribution in [3.8, 4) is 5.88 Å². The zero-order valence-corrected chi connectivity index (χ0v) is 15.3. The van der Waals surface area contributed by atoms with E-state index in [0.717, 1.165) is 43.0 Å². The number of hydrogen-bond acceptors (Lipinski definition) is 4. The van der Waals surface area contributed by atoms with Crippen molar-refractivity contribution in [2.45, 2.75) is 44.8 Å². The molecule has 1 aliphatic rings. The van der Waals surface area contributed by atoms with E-state index in [1.807, 2.05) is 36.5 Å². The van der Waals surface area contributed by atoms with E-state index in [4.69, 9.17) is 4.74 Å². The lowest BCUT2D eigenvalue weighted by Gasteiger charge is -2.14. The molecule has 0 radical (unpaired) electrons. The van der Waals surface area contributed by atoms with E-state index in [2.05, 4.69) is 25.6 Å². The van der Waals surface area contributed by atoms with Crippen LogP contribution in [-0.2, 0) is 13.0 Å². The van der Waals surface area contributed by atoms with Crippen molar-refractivity contribution in [1.29, 1.82) is 0 Å². The van der Waals surface area contributed by atoms with Crippen LogP contribution in [0.3, 0.4) is 0 Å². The second-order valence-electron chi connectivity index (χ2n) is 6.45. The van der Waals surface area contributed by atoms with Crippen LogP contribution in [0.4, 0.5) is 0 Å². The molecule has 0 bridgehead atoms. The Morgan fingerprint density at radius 3 is 2.81 bits per heavy atom. The molecule has 26 heavy (non-hydrogen) atoms. The van der Waals surface area contributed by atoms with Gasteiger partial charge in [0.15, 0.2) is 5.96 Å². The first-order valence-electron chi connectivity index (χ1n) is 9.29. The maximum Gasteiger partial charge on any atom is 0.213 e. The summed E-state index contributed by atoms with van der Waals surface area (Å²) in [5.41, 5.74) is 2.19. The number of guanidine groups is 1. The summed E-state index contributed by atoms with van der Waals surface area (Å²) in [6.45, 7) is 1.45. The van der Waals surface area contributed by atoms with E-state index in [-0.39, 0.29) is 0 Å². The molecule has 1 fully saturated rings. The van der Waals surface area contributed by atoms with Crippen molar-refractivity contribution >= 4 is 5.96 Å². The third-order valence-electron chi connectivity index (χ3n) is 4.47. The molecule has 0 aromatic carbocycles. The van der Waals surface area contributed by atoms with Gasteiger partial charge in [-0.1, -0.05) is 6.07 Å². The second-order valence-corrected chi connectivity index (χ2v) is 6.45. The highest BCUT2D eigenvalue weighted by molar-refractivity contribution is 5.79. The van der Waals surface area contributed by atoms with E-state index < -0.39 is 0 Å². The largest absolute Gasteiger partial charge is 0.474 e. The summed E-state index contributed by atoms with van der Waals surface area (Å²) in [4.78, 5) is 12.9. The summed E-state index contributed by atoms with van der Waals surface area (Å²) in [7, 11) is 1.78. The van der Waals surface area contributed by atoms with Gasteiger partial charge >= 0.3 is 0 Å². The number of rotatable bonds is 7. The Kier molecular flexibility index (Phi) is 6.81. The molecule has 3 rings (SSSR count). The Morgan fingerprint density at radius 1 is 1.15 bits per heavy atom. The van der Waals surface area contributed by atoms with Crippen molar-refractivity contribution in [3.63, 3.8) is 0 Å². The fourth-order valence-corrected chi connectivity index (χ4v) is 3.06. The van der Waals surface area contributed by atoms with Crippen LogP contribution in [0.5, 0.6) is 5.88 Å². The number of aliphatic imine (C=N–C) groups is 1. The minimum absolute atomic E-state index is 0.326. The van der Waals surface area contributed by atoms with Gasteiger partial charge in [0, 0.05) is 50.7 Å². The normalized spacial score (nSPS) is 15.0. The first kappa shape index (κ1) is 18.2. The molecule has 2 N–H and O–H groups in total. The molecule has 2 aromatic rings. The smallest absolute Gasteiger partial charge is 0.213 e. The first-order valence-corrected chi connectivity index (χ1v) is 9.29. The van der Waals surface area contributed by atoms with Gasteiger partial charge in [0.1, 0.15) is 6.10 Å². The van der Waals surface area contributed by atoms with E-state index in [1.54, 1.807) is 13.2 Å². The number of nitrogens with one attached hydrogen (secondary N) is 2. The van der Waals surface area contributed by atoms with E-state index in [9.17, 15) is 0 Å².